The maximum absolute atomic E-state index is 12.5. The zero-order valence-electron chi connectivity index (χ0n) is 15.1. The van der Waals surface area contributed by atoms with E-state index in [-0.39, 0.29) is 13.2 Å². The van der Waals surface area contributed by atoms with Crippen LogP contribution in [-0.2, 0) is 27.5 Å². The molecular formula is C20H21NO6. The predicted octanol–water partition coefficient (Wildman–Crippen LogP) is 3.83. The molecule has 0 spiro atoms. The third kappa shape index (κ3) is 5.31. The molecule has 0 bridgehead atoms. The first kappa shape index (κ1) is 20.0. The molecule has 0 unspecified atom stereocenters. The fraction of sp³-hybridized carbons (Fsp3) is 0.250. The fourth-order valence-corrected chi connectivity index (χ4v) is 2.19. The summed E-state index contributed by atoms with van der Waals surface area (Å²) in [6.45, 7) is 2.25. The van der Waals surface area contributed by atoms with Crippen molar-refractivity contribution in [3.05, 3.63) is 71.8 Å². The maximum atomic E-state index is 12.5. The molecule has 7 nitrogen and oxygen atoms in total. The highest BCUT2D eigenvalue weighted by molar-refractivity contribution is 5.95. The number of hydrogen-bond acceptors (Lipinski definition) is 5. The lowest BCUT2D eigenvalue weighted by Crippen LogP contribution is -2.56. The Hall–Kier alpha value is -3.35. The van der Waals surface area contributed by atoms with Crippen molar-refractivity contribution in [2.45, 2.75) is 32.6 Å². The second-order valence-electron chi connectivity index (χ2n) is 6.28. The number of hydrogen-bond donors (Lipinski definition) is 1. The van der Waals surface area contributed by atoms with Crippen LogP contribution in [0.1, 0.15) is 25.0 Å². The molecule has 2 amide bonds. The second-order valence-corrected chi connectivity index (χ2v) is 6.28. The first-order valence-electron chi connectivity index (χ1n) is 8.27. The number of imide groups is 1. The van der Waals surface area contributed by atoms with Crippen molar-refractivity contribution in [2.24, 2.45) is 0 Å². The molecule has 0 aliphatic heterocycles. The van der Waals surface area contributed by atoms with Gasteiger partial charge in [0.1, 0.15) is 18.8 Å². The molecule has 0 aliphatic rings. The van der Waals surface area contributed by atoms with Gasteiger partial charge in [-0.15, -0.1) is 0 Å². The molecule has 0 fully saturated rings. The smallest absolute Gasteiger partial charge is 0.420 e. The van der Waals surface area contributed by atoms with Crippen molar-refractivity contribution in [3.63, 3.8) is 0 Å². The molecule has 2 rings (SSSR count). The molecule has 0 aromatic heterocycles. The van der Waals surface area contributed by atoms with Crippen molar-refractivity contribution in [1.29, 1.82) is 0 Å². The minimum atomic E-state index is -1.85. The van der Waals surface area contributed by atoms with Gasteiger partial charge in [-0.05, 0) is 25.0 Å². The van der Waals surface area contributed by atoms with E-state index in [0.29, 0.717) is 16.0 Å². The van der Waals surface area contributed by atoms with E-state index in [1.54, 1.807) is 48.5 Å². The lowest BCUT2D eigenvalue weighted by Gasteiger charge is -2.31. The molecular weight excluding hydrogens is 350 g/mol. The number of ether oxygens (including phenoxy) is 2. The summed E-state index contributed by atoms with van der Waals surface area (Å²) >= 11 is 0. The van der Waals surface area contributed by atoms with Crippen molar-refractivity contribution in [1.82, 2.24) is 4.90 Å². The van der Waals surface area contributed by atoms with Gasteiger partial charge in [0.15, 0.2) is 0 Å². The summed E-state index contributed by atoms with van der Waals surface area (Å²) in [5, 5.41) is 9.42. The van der Waals surface area contributed by atoms with Crippen molar-refractivity contribution < 1.29 is 29.0 Å². The molecule has 2 aromatic carbocycles. The Morgan fingerprint density at radius 3 is 1.52 bits per heavy atom. The van der Waals surface area contributed by atoms with E-state index in [1.807, 2.05) is 12.1 Å². The molecule has 0 saturated carbocycles. The van der Waals surface area contributed by atoms with Crippen LogP contribution in [0.4, 0.5) is 9.59 Å². The van der Waals surface area contributed by atoms with E-state index in [4.69, 9.17) is 9.47 Å². The normalized spacial score (nSPS) is 10.7. The van der Waals surface area contributed by atoms with E-state index in [2.05, 4.69) is 0 Å². The number of nitrogens with zero attached hydrogens (tertiary/aromatic N) is 1. The van der Waals surface area contributed by atoms with Crippen LogP contribution in [0.3, 0.4) is 0 Å². The predicted molar refractivity (Wildman–Crippen MR) is 96.8 cm³/mol. The summed E-state index contributed by atoms with van der Waals surface area (Å²) in [4.78, 5) is 37.0. The molecule has 2 aromatic rings. The zero-order chi connectivity index (χ0) is 19.9. The summed E-state index contributed by atoms with van der Waals surface area (Å²) < 4.78 is 10.2. The molecule has 7 heteroatoms. The van der Waals surface area contributed by atoms with Crippen molar-refractivity contribution >= 4 is 18.2 Å². The summed E-state index contributed by atoms with van der Waals surface area (Å²) in [6, 6.07) is 17.7. The second kappa shape index (κ2) is 8.84. The molecule has 0 aliphatic carbocycles. The molecule has 0 atom stereocenters. The van der Waals surface area contributed by atoms with Crippen LogP contribution in [0.5, 0.6) is 0 Å². The van der Waals surface area contributed by atoms with Gasteiger partial charge in [-0.1, -0.05) is 60.7 Å². The van der Waals surface area contributed by atoms with Crippen LogP contribution >= 0.6 is 0 Å². The number of carboxylic acids is 1. The van der Waals surface area contributed by atoms with E-state index >= 15 is 0 Å². The van der Waals surface area contributed by atoms with E-state index in [1.165, 1.54) is 13.8 Å². The highest BCUT2D eigenvalue weighted by Gasteiger charge is 2.44. The minimum absolute atomic E-state index is 0.0994. The van der Waals surface area contributed by atoms with Gasteiger partial charge in [-0.2, -0.15) is 4.90 Å². The van der Waals surface area contributed by atoms with Gasteiger partial charge >= 0.3 is 18.2 Å². The van der Waals surface area contributed by atoms with Gasteiger partial charge in [-0.3, -0.25) is 0 Å². The number of aliphatic carboxylic acids is 1. The van der Waals surface area contributed by atoms with Crippen LogP contribution in [-0.4, -0.2) is 33.7 Å². The summed E-state index contributed by atoms with van der Waals surface area (Å²) in [7, 11) is 0. The number of carbonyl (C=O) groups is 3. The van der Waals surface area contributed by atoms with Crippen LogP contribution < -0.4 is 0 Å². The standard InChI is InChI=1S/C20H21NO6/c1-20(2,17(22)23)21(18(24)26-13-15-9-5-3-6-10-15)19(25)27-14-16-11-7-4-8-12-16/h3-12H,13-14H2,1-2H3,(H,22,23). The average Bonchev–Trinajstić information content (AvgIpc) is 2.66. The van der Waals surface area contributed by atoms with Gasteiger partial charge in [0, 0.05) is 0 Å². The Balaban J connectivity index is 2.11. The topological polar surface area (TPSA) is 93.1 Å². The largest absolute Gasteiger partial charge is 0.480 e. The monoisotopic (exact) mass is 371 g/mol. The quantitative estimate of drug-likeness (QED) is 0.830. The highest BCUT2D eigenvalue weighted by atomic mass is 16.6. The lowest BCUT2D eigenvalue weighted by atomic mass is 10.0. The molecule has 1 N–H and O–H groups in total. The van der Waals surface area contributed by atoms with Crippen molar-refractivity contribution in [3.8, 4) is 0 Å². The zero-order valence-corrected chi connectivity index (χ0v) is 15.1. The Morgan fingerprint density at radius 2 is 1.19 bits per heavy atom. The van der Waals surface area contributed by atoms with E-state index in [9.17, 15) is 19.5 Å². The lowest BCUT2D eigenvalue weighted by molar-refractivity contribution is -0.147. The molecule has 27 heavy (non-hydrogen) atoms. The number of rotatable bonds is 6. The third-order valence-electron chi connectivity index (χ3n) is 3.86. The van der Waals surface area contributed by atoms with Crippen LogP contribution in [0.15, 0.2) is 60.7 Å². The molecule has 142 valence electrons. The maximum Gasteiger partial charge on any atom is 0.420 e. The molecule has 0 radical (unpaired) electrons. The first-order valence-corrected chi connectivity index (χ1v) is 8.27. The summed E-state index contributed by atoms with van der Waals surface area (Å²) in [5.41, 5.74) is -0.435. The summed E-state index contributed by atoms with van der Waals surface area (Å²) in [6.07, 6.45) is -2.19. The SMILES string of the molecule is CC(C)(C(=O)O)N(C(=O)OCc1ccccc1)C(=O)OCc1ccccc1. The van der Waals surface area contributed by atoms with Crippen LogP contribution in [0, 0.1) is 0 Å². The Kier molecular flexibility index (Phi) is 6.54. The Morgan fingerprint density at radius 1 is 0.815 bits per heavy atom. The molecule has 0 saturated heterocycles. The number of amides is 2. The van der Waals surface area contributed by atoms with Gasteiger partial charge in [-0.25, -0.2) is 14.4 Å². The van der Waals surface area contributed by atoms with Crippen LogP contribution in [0.2, 0.25) is 0 Å². The Labute approximate surface area is 157 Å². The minimum Gasteiger partial charge on any atom is -0.480 e. The summed E-state index contributed by atoms with van der Waals surface area (Å²) in [5.74, 6) is -1.36. The van der Waals surface area contributed by atoms with Crippen molar-refractivity contribution in [2.75, 3.05) is 0 Å². The number of benzene rings is 2. The average molecular weight is 371 g/mol. The third-order valence-corrected chi connectivity index (χ3v) is 3.86. The van der Waals surface area contributed by atoms with E-state index in [0.717, 1.165) is 0 Å². The van der Waals surface area contributed by atoms with Gasteiger partial charge < -0.3 is 14.6 Å². The van der Waals surface area contributed by atoms with Gasteiger partial charge in [0.05, 0.1) is 0 Å². The highest BCUT2D eigenvalue weighted by Crippen LogP contribution is 2.19. The Bertz CT molecular complexity index is 733. The number of carbonyl (C=O) groups excluding carboxylic acids is 2. The van der Waals surface area contributed by atoms with Gasteiger partial charge in [0.25, 0.3) is 0 Å². The van der Waals surface area contributed by atoms with Crippen LogP contribution in [0.25, 0.3) is 0 Å². The number of carboxylic acid groups (broad SMARTS) is 1. The first-order chi connectivity index (χ1) is 12.8. The van der Waals surface area contributed by atoms with Gasteiger partial charge in [0.2, 0.25) is 0 Å². The fourth-order valence-electron chi connectivity index (χ4n) is 2.19. The van der Waals surface area contributed by atoms with E-state index < -0.39 is 23.7 Å². The molecule has 0 heterocycles.